The van der Waals surface area contributed by atoms with Crippen molar-refractivity contribution in [2.75, 3.05) is 20.6 Å². The molecule has 0 fully saturated rings. The summed E-state index contributed by atoms with van der Waals surface area (Å²) in [4.78, 5) is 2.01. The second-order valence-electron chi connectivity index (χ2n) is 4.09. The molecular weight excluding hydrogens is 230 g/mol. The van der Waals surface area contributed by atoms with Crippen molar-refractivity contribution in [1.82, 2.24) is 14.7 Å². The van der Waals surface area contributed by atoms with Crippen LogP contribution in [0.4, 0.5) is 0 Å². The smallest absolute Gasteiger partial charge is 0.123 e. The first-order valence-electron chi connectivity index (χ1n) is 5.15. The van der Waals surface area contributed by atoms with Crippen LogP contribution in [0.15, 0.2) is 6.20 Å². The number of hydrogen-bond donors (Lipinski definition) is 2. The lowest BCUT2D eigenvalue weighted by atomic mass is 10.1. The minimum atomic E-state index is -1.00. The molecule has 1 aromatic heterocycles. The van der Waals surface area contributed by atoms with Gasteiger partial charge in [0.25, 0.3) is 0 Å². The molecule has 1 rings (SSSR count). The third kappa shape index (κ3) is 3.18. The topological polar surface area (TPSA) is 61.5 Å². The summed E-state index contributed by atoms with van der Waals surface area (Å²) in [5, 5.41) is 23.6. The molecule has 2 unspecified atom stereocenters. The van der Waals surface area contributed by atoms with Crippen LogP contribution in [-0.2, 0) is 6.54 Å². The van der Waals surface area contributed by atoms with Gasteiger partial charge < -0.3 is 15.1 Å². The maximum absolute atomic E-state index is 9.80. The molecule has 0 aliphatic rings. The van der Waals surface area contributed by atoms with Crippen molar-refractivity contribution >= 4 is 11.6 Å². The number of aliphatic hydroxyl groups is 2. The van der Waals surface area contributed by atoms with Crippen LogP contribution in [-0.4, -0.2) is 51.6 Å². The molecule has 16 heavy (non-hydrogen) atoms. The van der Waals surface area contributed by atoms with Gasteiger partial charge in [0, 0.05) is 6.54 Å². The lowest BCUT2D eigenvalue weighted by molar-refractivity contribution is 0.0247. The van der Waals surface area contributed by atoms with Gasteiger partial charge >= 0.3 is 0 Å². The number of nitrogens with zero attached hydrogens (tertiary/aromatic N) is 3. The standard InChI is InChI=1S/C10H18ClN3O2/c1-7(15)10(16)9-8(11)6-12-14(9)5-4-13(2)3/h6-7,10,15-16H,4-5H2,1-3H3. The second-order valence-corrected chi connectivity index (χ2v) is 4.50. The third-order valence-corrected chi connectivity index (χ3v) is 2.62. The minimum Gasteiger partial charge on any atom is -0.390 e. The Kier molecular flexibility index (Phi) is 4.73. The number of aromatic nitrogens is 2. The summed E-state index contributed by atoms with van der Waals surface area (Å²) in [6, 6.07) is 0. The molecule has 6 heteroatoms. The van der Waals surface area contributed by atoms with E-state index >= 15 is 0 Å². The SMILES string of the molecule is CC(O)C(O)c1c(Cl)cnn1CCN(C)C. The predicted molar refractivity (Wildman–Crippen MR) is 62.4 cm³/mol. The normalized spacial score (nSPS) is 15.4. The highest BCUT2D eigenvalue weighted by Crippen LogP contribution is 2.24. The Morgan fingerprint density at radius 1 is 1.50 bits per heavy atom. The molecule has 0 bridgehead atoms. The highest BCUT2D eigenvalue weighted by molar-refractivity contribution is 6.31. The van der Waals surface area contributed by atoms with E-state index in [1.807, 2.05) is 19.0 Å². The average molecular weight is 248 g/mol. The van der Waals surface area contributed by atoms with Crippen molar-refractivity contribution in [1.29, 1.82) is 0 Å². The maximum Gasteiger partial charge on any atom is 0.123 e. The zero-order chi connectivity index (χ0) is 12.3. The Morgan fingerprint density at radius 2 is 2.12 bits per heavy atom. The van der Waals surface area contributed by atoms with Gasteiger partial charge in [-0.3, -0.25) is 4.68 Å². The minimum absolute atomic E-state index is 0.382. The van der Waals surface area contributed by atoms with Gasteiger partial charge in [-0.25, -0.2) is 0 Å². The number of hydrogen-bond acceptors (Lipinski definition) is 4. The van der Waals surface area contributed by atoms with Crippen molar-refractivity contribution in [3.05, 3.63) is 16.9 Å². The van der Waals surface area contributed by atoms with Crippen LogP contribution in [0.1, 0.15) is 18.7 Å². The van der Waals surface area contributed by atoms with Crippen LogP contribution in [0.25, 0.3) is 0 Å². The molecule has 0 amide bonds. The van der Waals surface area contributed by atoms with Gasteiger partial charge in [0.15, 0.2) is 0 Å². The molecule has 92 valence electrons. The van der Waals surface area contributed by atoms with E-state index in [9.17, 15) is 10.2 Å². The van der Waals surface area contributed by atoms with E-state index in [0.29, 0.717) is 17.3 Å². The molecule has 0 saturated heterocycles. The summed E-state index contributed by atoms with van der Waals surface area (Å²) in [7, 11) is 3.91. The first kappa shape index (κ1) is 13.4. The first-order valence-corrected chi connectivity index (χ1v) is 5.53. The largest absolute Gasteiger partial charge is 0.390 e. The molecule has 0 aliphatic heterocycles. The van der Waals surface area contributed by atoms with Gasteiger partial charge in [0.05, 0.1) is 29.6 Å². The summed E-state index contributed by atoms with van der Waals surface area (Å²) >= 11 is 5.93. The summed E-state index contributed by atoms with van der Waals surface area (Å²) in [6.45, 7) is 2.93. The Hall–Kier alpha value is -0.620. The zero-order valence-electron chi connectivity index (χ0n) is 9.76. The van der Waals surface area contributed by atoms with Crippen molar-refractivity contribution in [2.45, 2.75) is 25.7 Å². The van der Waals surface area contributed by atoms with Gasteiger partial charge in [-0.05, 0) is 21.0 Å². The van der Waals surface area contributed by atoms with E-state index in [1.54, 1.807) is 4.68 Å². The molecule has 2 atom stereocenters. The lowest BCUT2D eigenvalue weighted by Gasteiger charge is -2.17. The summed E-state index contributed by atoms with van der Waals surface area (Å²) in [6.07, 6.45) is -0.387. The molecule has 0 spiro atoms. The summed E-state index contributed by atoms with van der Waals surface area (Å²) in [5.74, 6) is 0. The Morgan fingerprint density at radius 3 is 2.62 bits per heavy atom. The van der Waals surface area contributed by atoms with Crippen LogP contribution < -0.4 is 0 Å². The molecular formula is C10H18ClN3O2. The predicted octanol–water partition coefficient (Wildman–Crippen LogP) is 0.512. The zero-order valence-corrected chi connectivity index (χ0v) is 10.5. The maximum atomic E-state index is 9.80. The van der Waals surface area contributed by atoms with E-state index in [2.05, 4.69) is 5.10 Å². The molecule has 0 saturated carbocycles. The highest BCUT2D eigenvalue weighted by atomic mass is 35.5. The monoisotopic (exact) mass is 247 g/mol. The molecule has 0 aromatic carbocycles. The Labute approximate surface area is 100 Å². The van der Waals surface area contributed by atoms with E-state index in [4.69, 9.17) is 11.6 Å². The molecule has 1 heterocycles. The van der Waals surface area contributed by atoms with Gasteiger partial charge in [-0.15, -0.1) is 0 Å². The third-order valence-electron chi connectivity index (χ3n) is 2.33. The highest BCUT2D eigenvalue weighted by Gasteiger charge is 2.22. The Balaban J connectivity index is 2.85. The van der Waals surface area contributed by atoms with Crippen molar-refractivity contribution in [3.63, 3.8) is 0 Å². The molecule has 1 aromatic rings. The van der Waals surface area contributed by atoms with Gasteiger partial charge in [-0.1, -0.05) is 11.6 Å². The van der Waals surface area contributed by atoms with E-state index in [-0.39, 0.29) is 0 Å². The van der Waals surface area contributed by atoms with Gasteiger partial charge in [0.2, 0.25) is 0 Å². The van der Waals surface area contributed by atoms with E-state index in [1.165, 1.54) is 13.1 Å². The van der Waals surface area contributed by atoms with Crippen molar-refractivity contribution < 1.29 is 10.2 Å². The quantitative estimate of drug-likeness (QED) is 0.796. The molecule has 5 nitrogen and oxygen atoms in total. The van der Waals surface area contributed by atoms with Crippen LogP contribution >= 0.6 is 11.6 Å². The lowest BCUT2D eigenvalue weighted by Crippen LogP contribution is -2.23. The number of likely N-dealkylation sites (N-methyl/N-ethyl adjacent to an activating group) is 1. The number of halogens is 1. The Bertz CT molecular complexity index is 339. The summed E-state index contributed by atoms with van der Waals surface area (Å²) in [5.41, 5.74) is 0.471. The molecule has 0 aliphatic carbocycles. The fraction of sp³-hybridized carbons (Fsp3) is 0.700. The van der Waals surface area contributed by atoms with Crippen LogP contribution in [0.5, 0.6) is 0 Å². The first-order chi connectivity index (χ1) is 7.43. The van der Waals surface area contributed by atoms with Crippen LogP contribution in [0, 0.1) is 0 Å². The van der Waals surface area contributed by atoms with Crippen molar-refractivity contribution in [2.24, 2.45) is 0 Å². The van der Waals surface area contributed by atoms with Gasteiger partial charge in [0.1, 0.15) is 6.10 Å². The molecule has 2 N–H and O–H groups in total. The average Bonchev–Trinajstić information content (AvgIpc) is 2.55. The number of aliphatic hydroxyl groups excluding tert-OH is 2. The van der Waals surface area contributed by atoms with Crippen LogP contribution in [0.2, 0.25) is 5.02 Å². The van der Waals surface area contributed by atoms with E-state index in [0.717, 1.165) is 6.54 Å². The van der Waals surface area contributed by atoms with Crippen molar-refractivity contribution in [3.8, 4) is 0 Å². The fourth-order valence-corrected chi connectivity index (χ4v) is 1.62. The number of rotatable bonds is 5. The van der Waals surface area contributed by atoms with Gasteiger partial charge in [-0.2, -0.15) is 5.10 Å². The summed E-state index contributed by atoms with van der Waals surface area (Å²) < 4.78 is 1.62. The second kappa shape index (κ2) is 5.63. The van der Waals surface area contributed by atoms with Crippen LogP contribution in [0.3, 0.4) is 0 Å². The fourth-order valence-electron chi connectivity index (χ4n) is 1.37. The van der Waals surface area contributed by atoms with E-state index < -0.39 is 12.2 Å². The molecule has 0 radical (unpaired) electrons.